The van der Waals surface area contributed by atoms with Crippen molar-refractivity contribution in [3.63, 3.8) is 0 Å². The van der Waals surface area contributed by atoms with Gasteiger partial charge in [-0.25, -0.2) is 4.98 Å². The molecule has 0 atom stereocenters. The number of anilines is 1. The predicted molar refractivity (Wildman–Crippen MR) is 102 cm³/mol. The van der Waals surface area contributed by atoms with E-state index in [4.69, 9.17) is 14.2 Å². The van der Waals surface area contributed by atoms with Crippen LogP contribution < -0.4 is 9.64 Å². The SMILES string of the molecule is COC1(c2cccc(Sc3cnc4c(c3)OCC(=O)N4C)c2)CCOCC1. The van der Waals surface area contributed by atoms with E-state index in [-0.39, 0.29) is 18.1 Å². The Bertz CT molecular complexity index is 852. The van der Waals surface area contributed by atoms with E-state index in [1.807, 2.05) is 6.07 Å². The van der Waals surface area contributed by atoms with Crippen molar-refractivity contribution in [1.82, 2.24) is 4.98 Å². The molecule has 0 spiro atoms. The van der Waals surface area contributed by atoms with Crippen LogP contribution in [0.5, 0.6) is 5.75 Å². The Morgan fingerprint density at radius 2 is 2.04 bits per heavy atom. The van der Waals surface area contributed by atoms with Gasteiger partial charge in [-0.15, -0.1) is 0 Å². The first-order valence-electron chi connectivity index (χ1n) is 8.92. The number of hydrogen-bond donors (Lipinski definition) is 0. The third-order valence-electron chi connectivity index (χ3n) is 5.14. The van der Waals surface area contributed by atoms with Gasteiger partial charge in [0, 0.05) is 56.2 Å². The van der Waals surface area contributed by atoms with Crippen LogP contribution in [0.4, 0.5) is 5.82 Å². The molecule has 1 aromatic heterocycles. The van der Waals surface area contributed by atoms with Gasteiger partial charge in [-0.3, -0.25) is 9.69 Å². The van der Waals surface area contributed by atoms with Crippen LogP contribution in [-0.4, -0.2) is 44.9 Å². The Morgan fingerprint density at radius 3 is 2.81 bits per heavy atom. The fraction of sp³-hybridized carbons (Fsp3) is 0.400. The van der Waals surface area contributed by atoms with Gasteiger partial charge in [-0.2, -0.15) is 0 Å². The van der Waals surface area contributed by atoms with Gasteiger partial charge < -0.3 is 14.2 Å². The average molecular weight is 386 g/mol. The van der Waals surface area contributed by atoms with Gasteiger partial charge in [0.25, 0.3) is 5.91 Å². The smallest absolute Gasteiger partial charge is 0.265 e. The van der Waals surface area contributed by atoms with Gasteiger partial charge >= 0.3 is 0 Å². The predicted octanol–water partition coefficient (Wildman–Crippen LogP) is 3.24. The first kappa shape index (κ1) is 18.3. The summed E-state index contributed by atoms with van der Waals surface area (Å²) in [7, 11) is 3.48. The summed E-state index contributed by atoms with van der Waals surface area (Å²) in [5.41, 5.74) is 0.889. The summed E-state index contributed by atoms with van der Waals surface area (Å²) < 4.78 is 17.0. The molecule has 142 valence electrons. The number of hydrogen-bond acceptors (Lipinski definition) is 6. The molecular weight excluding hydrogens is 364 g/mol. The summed E-state index contributed by atoms with van der Waals surface area (Å²) in [5, 5.41) is 0. The van der Waals surface area contributed by atoms with Gasteiger partial charge in [-0.05, 0) is 23.8 Å². The second-order valence-corrected chi connectivity index (χ2v) is 7.82. The van der Waals surface area contributed by atoms with Gasteiger partial charge in [0.05, 0.1) is 5.60 Å². The lowest BCUT2D eigenvalue weighted by Crippen LogP contribution is -2.36. The molecule has 27 heavy (non-hydrogen) atoms. The molecule has 3 heterocycles. The first-order chi connectivity index (χ1) is 13.1. The van der Waals surface area contributed by atoms with Crippen molar-refractivity contribution in [2.45, 2.75) is 28.2 Å². The lowest BCUT2D eigenvalue weighted by atomic mass is 9.86. The Balaban J connectivity index is 1.58. The Hall–Kier alpha value is -2.09. The van der Waals surface area contributed by atoms with Crippen LogP contribution in [0.25, 0.3) is 0 Å². The summed E-state index contributed by atoms with van der Waals surface area (Å²) in [4.78, 5) is 19.7. The van der Waals surface area contributed by atoms with Crippen LogP contribution in [0, 0.1) is 0 Å². The van der Waals surface area contributed by atoms with Crippen molar-refractivity contribution in [2.75, 3.05) is 38.9 Å². The summed E-state index contributed by atoms with van der Waals surface area (Å²) in [6.07, 6.45) is 3.48. The fourth-order valence-corrected chi connectivity index (χ4v) is 4.35. The maximum Gasteiger partial charge on any atom is 0.265 e. The molecule has 0 aliphatic carbocycles. The Kier molecular flexibility index (Phi) is 5.08. The molecule has 1 saturated heterocycles. The number of nitrogens with zero attached hydrogens (tertiary/aromatic N) is 2. The zero-order valence-electron chi connectivity index (χ0n) is 15.4. The molecule has 1 aromatic carbocycles. The van der Waals surface area contributed by atoms with Crippen LogP contribution in [0.3, 0.4) is 0 Å². The molecule has 1 fully saturated rings. The van der Waals surface area contributed by atoms with Crippen LogP contribution in [0.15, 0.2) is 46.3 Å². The minimum Gasteiger partial charge on any atom is -0.480 e. The van der Waals surface area contributed by atoms with E-state index < -0.39 is 0 Å². The zero-order chi connectivity index (χ0) is 18.9. The van der Waals surface area contributed by atoms with E-state index in [0.717, 1.165) is 22.6 Å². The quantitative estimate of drug-likeness (QED) is 0.804. The molecule has 2 aromatic rings. The molecule has 0 N–H and O–H groups in total. The largest absolute Gasteiger partial charge is 0.480 e. The summed E-state index contributed by atoms with van der Waals surface area (Å²) in [5.74, 6) is 1.10. The minimum atomic E-state index is -0.283. The third-order valence-corrected chi connectivity index (χ3v) is 6.09. The van der Waals surface area contributed by atoms with Crippen LogP contribution in [-0.2, 0) is 19.9 Å². The van der Waals surface area contributed by atoms with Crippen molar-refractivity contribution in [2.24, 2.45) is 0 Å². The molecule has 2 aliphatic heterocycles. The maximum absolute atomic E-state index is 11.7. The average Bonchev–Trinajstić information content (AvgIpc) is 2.71. The van der Waals surface area contributed by atoms with E-state index in [1.54, 1.807) is 32.1 Å². The van der Waals surface area contributed by atoms with E-state index in [1.165, 1.54) is 10.5 Å². The number of pyridine rings is 1. The Labute approximate surface area is 162 Å². The highest BCUT2D eigenvalue weighted by Crippen LogP contribution is 2.39. The molecule has 2 aliphatic rings. The number of aromatic nitrogens is 1. The van der Waals surface area contributed by atoms with Crippen molar-refractivity contribution < 1.29 is 19.0 Å². The van der Waals surface area contributed by atoms with Crippen LogP contribution >= 0.6 is 11.8 Å². The molecule has 7 heteroatoms. The van der Waals surface area contributed by atoms with E-state index >= 15 is 0 Å². The number of rotatable bonds is 4. The molecule has 6 nitrogen and oxygen atoms in total. The summed E-state index contributed by atoms with van der Waals surface area (Å²) in [6, 6.07) is 10.4. The number of carbonyl (C=O) groups excluding carboxylic acids is 1. The standard InChI is InChI=1S/C20H22N2O4S/c1-22-18(23)13-26-17-11-16(12-21-19(17)22)27-15-5-3-4-14(10-15)20(24-2)6-8-25-9-7-20/h3-5,10-12H,6-9,13H2,1-2H3. The molecule has 4 rings (SSSR count). The van der Waals surface area contributed by atoms with E-state index in [9.17, 15) is 4.79 Å². The van der Waals surface area contributed by atoms with Gasteiger partial charge in [0.2, 0.25) is 0 Å². The molecular formula is C20H22N2O4S. The van der Waals surface area contributed by atoms with Crippen molar-refractivity contribution in [3.05, 3.63) is 42.1 Å². The number of likely N-dealkylation sites (N-methyl/N-ethyl adjacent to an activating group) is 1. The van der Waals surface area contributed by atoms with Crippen LogP contribution in [0.2, 0.25) is 0 Å². The highest BCUT2D eigenvalue weighted by Gasteiger charge is 2.34. The molecule has 1 amide bonds. The van der Waals surface area contributed by atoms with Crippen molar-refractivity contribution >= 4 is 23.5 Å². The number of fused-ring (bicyclic) bond motifs is 1. The molecule has 0 bridgehead atoms. The van der Waals surface area contributed by atoms with Gasteiger partial charge in [-0.1, -0.05) is 23.9 Å². The van der Waals surface area contributed by atoms with Crippen molar-refractivity contribution in [3.8, 4) is 5.75 Å². The summed E-state index contributed by atoms with van der Waals surface area (Å²) in [6.45, 7) is 1.47. The normalized spacial score (nSPS) is 18.7. The summed E-state index contributed by atoms with van der Waals surface area (Å²) >= 11 is 1.62. The first-order valence-corrected chi connectivity index (χ1v) is 9.74. The second kappa shape index (κ2) is 7.50. The van der Waals surface area contributed by atoms with Gasteiger partial charge in [0.15, 0.2) is 18.2 Å². The second-order valence-electron chi connectivity index (χ2n) is 6.67. The number of carbonyl (C=O) groups is 1. The fourth-order valence-electron chi connectivity index (χ4n) is 3.48. The zero-order valence-corrected chi connectivity index (χ0v) is 16.3. The molecule has 0 saturated carbocycles. The third kappa shape index (κ3) is 3.54. The molecule has 0 radical (unpaired) electrons. The highest BCUT2D eigenvalue weighted by atomic mass is 32.2. The van der Waals surface area contributed by atoms with Gasteiger partial charge in [0.1, 0.15) is 0 Å². The molecule has 0 unspecified atom stereocenters. The monoisotopic (exact) mass is 386 g/mol. The minimum absolute atomic E-state index is 0.0488. The van der Waals surface area contributed by atoms with Crippen molar-refractivity contribution in [1.29, 1.82) is 0 Å². The van der Waals surface area contributed by atoms with E-state index in [0.29, 0.717) is 24.8 Å². The van der Waals surface area contributed by atoms with E-state index in [2.05, 4.69) is 29.2 Å². The highest BCUT2D eigenvalue weighted by molar-refractivity contribution is 7.99. The lowest BCUT2D eigenvalue weighted by Gasteiger charge is -2.36. The topological polar surface area (TPSA) is 60.9 Å². The number of ether oxygens (including phenoxy) is 3. The number of amides is 1. The lowest BCUT2D eigenvalue weighted by molar-refractivity contribution is -0.121. The number of benzene rings is 1. The number of methoxy groups -OCH3 is 1. The van der Waals surface area contributed by atoms with Crippen LogP contribution in [0.1, 0.15) is 18.4 Å². The maximum atomic E-state index is 11.7. The Morgan fingerprint density at radius 1 is 1.22 bits per heavy atom.